The van der Waals surface area contributed by atoms with Crippen molar-refractivity contribution < 1.29 is 4.79 Å². The predicted octanol–water partition coefficient (Wildman–Crippen LogP) is 3.82. The fourth-order valence-corrected chi connectivity index (χ4v) is 2.54. The lowest BCUT2D eigenvalue weighted by atomic mass is 10.1. The first-order chi connectivity index (χ1) is 10.9. The van der Waals surface area contributed by atoms with Crippen LogP contribution in [0.25, 0.3) is 0 Å². The van der Waals surface area contributed by atoms with E-state index in [4.69, 9.17) is 23.2 Å². The van der Waals surface area contributed by atoms with Gasteiger partial charge in [0.2, 0.25) is 0 Å². The molecule has 23 heavy (non-hydrogen) atoms. The minimum Gasteiger partial charge on any atom is -0.378 e. The van der Waals surface area contributed by atoms with Crippen LogP contribution in [0.4, 0.5) is 5.69 Å². The van der Waals surface area contributed by atoms with Gasteiger partial charge in [-0.1, -0.05) is 35.3 Å². The van der Waals surface area contributed by atoms with Crippen LogP contribution in [0.2, 0.25) is 10.2 Å². The number of benzene rings is 1. The maximum atomic E-state index is 12.2. The van der Waals surface area contributed by atoms with E-state index in [9.17, 15) is 4.79 Å². The molecular formula is C17H19Cl2N3O. The first kappa shape index (κ1) is 17.6. The molecule has 0 fully saturated rings. The van der Waals surface area contributed by atoms with Crippen molar-refractivity contribution in [3.63, 3.8) is 0 Å². The van der Waals surface area contributed by atoms with Gasteiger partial charge in [0.15, 0.2) is 0 Å². The SMILES string of the molecule is C[C@H](Cc1ccc(N(C)C)cc1)NC(=O)c1nc(Cl)ccc1Cl. The third kappa shape index (κ3) is 4.85. The molecule has 2 rings (SSSR count). The molecule has 1 heterocycles. The summed E-state index contributed by atoms with van der Waals surface area (Å²) in [6, 6.07) is 11.3. The first-order valence-corrected chi connectivity index (χ1v) is 8.01. The molecule has 4 nitrogen and oxygen atoms in total. The molecule has 0 saturated carbocycles. The standard InChI is InChI=1S/C17H19Cl2N3O/c1-11(10-12-4-6-13(7-5-12)22(2)3)20-17(23)16-14(18)8-9-15(19)21-16/h4-9,11H,10H2,1-3H3,(H,20,23)/t11-/m1/s1. The quantitative estimate of drug-likeness (QED) is 0.833. The lowest BCUT2D eigenvalue weighted by Gasteiger charge is -2.16. The number of pyridine rings is 1. The number of aromatic nitrogens is 1. The van der Waals surface area contributed by atoms with Gasteiger partial charge < -0.3 is 10.2 Å². The minimum absolute atomic E-state index is 0.0513. The molecule has 1 aromatic carbocycles. The molecule has 0 aliphatic carbocycles. The molecule has 2 aromatic rings. The van der Waals surface area contributed by atoms with Gasteiger partial charge in [0, 0.05) is 25.8 Å². The zero-order valence-corrected chi connectivity index (χ0v) is 14.8. The van der Waals surface area contributed by atoms with Crippen molar-refractivity contribution in [2.24, 2.45) is 0 Å². The molecule has 1 aromatic heterocycles. The smallest absolute Gasteiger partial charge is 0.271 e. The molecule has 6 heteroatoms. The molecule has 0 spiro atoms. The van der Waals surface area contributed by atoms with E-state index in [0.717, 1.165) is 17.7 Å². The summed E-state index contributed by atoms with van der Waals surface area (Å²) in [6.07, 6.45) is 0.720. The number of hydrogen-bond acceptors (Lipinski definition) is 3. The summed E-state index contributed by atoms with van der Waals surface area (Å²) in [5, 5.41) is 3.42. The Morgan fingerprint density at radius 3 is 2.43 bits per heavy atom. The molecule has 1 amide bonds. The van der Waals surface area contributed by atoms with Gasteiger partial charge in [-0.2, -0.15) is 0 Å². The Morgan fingerprint density at radius 2 is 1.83 bits per heavy atom. The van der Waals surface area contributed by atoms with E-state index in [1.807, 2.05) is 25.9 Å². The Kier molecular flexibility index (Phi) is 5.85. The molecular weight excluding hydrogens is 333 g/mol. The van der Waals surface area contributed by atoms with E-state index in [-0.39, 0.29) is 27.8 Å². The van der Waals surface area contributed by atoms with Crippen LogP contribution in [-0.4, -0.2) is 31.0 Å². The second-order valence-corrected chi connectivity index (χ2v) is 6.40. The Bertz CT molecular complexity index is 687. The Hall–Kier alpha value is -1.78. The van der Waals surface area contributed by atoms with Crippen molar-refractivity contribution in [3.8, 4) is 0 Å². The number of carbonyl (C=O) groups is 1. The summed E-state index contributed by atoms with van der Waals surface area (Å²) in [6.45, 7) is 1.94. The average molecular weight is 352 g/mol. The molecule has 0 saturated heterocycles. The van der Waals surface area contributed by atoms with Crippen LogP contribution in [0.3, 0.4) is 0 Å². The van der Waals surface area contributed by atoms with Crippen LogP contribution in [-0.2, 0) is 6.42 Å². The largest absolute Gasteiger partial charge is 0.378 e. The fraction of sp³-hybridized carbons (Fsp3) is 0.294. The van der Waals surface area contributed by atoms with Gasteiger partial charge in [-0.05, 0) is 43.2 Å². The van der Waals surface area contributed by atoms with Crippen molar-refractivity contribution in [2.75, 3.05) is 19.0 Å². The van der Waals surface area contributed by atoms with Crippen molar-refractivity contribution in [2.45, 2.75) is 19.4 Å². The van der Waals surface area contributed by atoms with Crippen LogP contribution >= 0.6 is 23.2 Å². The second kappa shape index (κ2) is 7.66. The van der Waals surface area contributed by atoms with Crippen LogP contribution in [0.1, 0.15) is 23.0 Å². The summed E-state index contributed by atoms with van der Waals surface area (Å²) in [7, 11) is 4.00. The molecule has 0 unspecified atom stereocenters. The van der Waals surface area contributed by atoms with Crippen molar-refractivity contribution >= 4 is 34.8 Å². The van der Waals surface area contributed by atoms with Gasteiger partial charge in [-0.15, -0.1) is 0 Å². The van der Waals surface area contributed by atoms with Gasteiger partial charge in [0.25, 0.3) is 5.91 Å². The van der Waals surface area contributed by atoms with E-state index in [2.05, 4.69) is 34.6 Å². The second-order valence-electron chi connectivity index (χ2n) is 5.60. The number of anilines is 1. The number of hydrogen-bond donors (Lipinski definition) is 1. The zero-order chi connectivity index (χ0) is 17.0. The summed E-state index contributed by atoms with van der Waals surface area (Å²) in [4.78, 5) is 18.3. The topological polar surface area (TPSA) is 45.2 Å². The maximum Gasteiger partial charge on any atom is 0.271 e. The van der Waals surface area contributed by atoms with Gasteiger partial charge >= 0.3 is 0 Å². The maximum absolute atomic E-state index is 12.2. The van der Waals surface area contributed by atoms with Gasteiger partial charge in [0.1, 0.15) is 10.8 Å². The Morgan fingerprint density at radius 1 is 1.17 bits per heavy atom. The molecule has 0 bridgehead atoms. The third-order valence-electron chi connectivity index (χ3n) is 3.40. The van der Waals surface area contributed by atoms with E-state index in [0.29, 0.717) is 0 Å². The molecule has 0 aliphatic rings. The van der Waals surface area contributed by atoms with E-state index >= 15 is 0 Å². The summed E-state index contributed by atoms with van der Waals surface area (Å²) in [5.74, 6) is -0.324. The highest BCUT2D eigenvalue weighted by Crippen LogP contribution is 2.17. The lowest BCUT2D eigenvalue weighted by Crippen LogP contribution is -2.34. The number of rotatable bonds is 5. The van der Waals surface area contributed by atoms with E-state index in [1.54, 1.807) is 12.1 Å². The highest BCUT2D eigenvalue weighted by atomic mass is 35.5. The molecule has 0 aliphatic heterocycles. The van der Waals surface area contributed by atoms with Crippen LogP contribution in [0.15, 0.2) is 36.4 Å². The van der Waals surface area contributed by atoms with Gasteiger partial charge in [-0.3, -0.25) is 4.79 Å². The molecule has 122 valence electrons. The minimum atomic E-state index is -0.324. The van der Waals surface area contributed by atoms with Crippen LogP contribution in [0, 0.1) is 0 Å². The van der Waals surface area contributed by atoms with Crippen molar-refractivity contribution in [1.29, 1.82) is 0 Å². The number of amides is 1. The number of nitrogens with one attached hydrogen (secondary N) is 1. The van der Waals surface area contributed by atoms with Crippen molar-refractivity contribution in [1.82, 2.24) is 10.3 Å². The fourth-order valence-electron chi connectivity index (χ4n) is 2.20. The Labute approximate surface area is 146 Å². The normalized spacial score (nSPS) is 11.9. The molecule has 1 N–H and O–H groups in total. The highest BCUT2D eigenvalue weighted by Gasteiger charge is 2.15. The van der Waals surface area contributed by atoms with E-state index < -0.39 is 0 Å². The summed E-state index contributed by atoms with van der Waals surface area (Å²) < 4.78 is 0. The van der Waals surface area contributed by atoms with E-state index in [1.165, 1.54) is 0 Å². The summed E-state index contributed by atoms with van der Waals surface area (Å²) in [5.41, 5.74) is 2.43. The number of halogens is 2. The van der Waals surface area contributed by atoms with Crippen LogP contribution < -0.4 is 10.2 Å². The predicted molar refractivity (Wildman–Crippen MR) is 95.7 cm³/mol. The lowest BCUT2D eigenvalue weighted by molar-refractivity contribution is 0.0935. The van der Waals surface area contributed by atoms with Gasteiger partial charge in [-0.25, -0.2) is 4.98 Å². The number of carbonyl (C=O) groups excluding carboxylic acids is 1. The van der Waals surface area contributed by atoms with Crippen molar-refractivity contribution in [3.05, 3.63) is 57.8 Å². The molecule has 0 radical (unpaired) electrons. The average Bonchev–Trinajstić information content (AvgIpc) is 2.50. The highest BCUT2D eigenvalue weighted by molar-refractivity contribution is 6.34. The molecule has 1 atom stereocenters. The zero-order valence-electron chi connectivity index (χ0n) is 13.3. The summed E-state index contributed by atoms with van der Waals surface area (Å²) >= 11 is 11.8. The number of nitrogens with zero attached hydrogens (tertiary/aromatic N) is 2. The van der Waals surface area contributed by atoms with Gasteiger partial charge in [0.05, 0.1) is 5.02 Å². The van der Waals surface area contributed by atoms with Crippen LogP contribution in [0.5, 0.6) is 0 Å². The monoisotopic (exact) mass is 351 g/mol. The first-order valence-electron chi connectivity index (χ1n) is 7.26. The Balaban J connectivity index is 2.00. The third-order valence-corrected chi connectivity index (χ3v) is 3.91.